The maximum atomic E-state index is 5.80. The van der Waals surface area contributed by atoms with Gasteiger partial charge in [-0.25, -0.2) is 4.98 Å². The maximum Gasteiger partial charge on any atom is 0.152 e. The zero-order chi connectivity index (χ0) is 13.7. The van der Waals surface area contributed by atoms with Gasteiger partial charge < -0.3 is 19.9 Å². The number of anilines is 3. The van der Waals surface area contributed by atoms with Crippen LogP contribution in [0.1, 0.15) is 20.3 Å². The summed E-state index contributed by atoms with van der Waals surface area (Å²) in [6.07, 6.45) is 1.76. The van der Waals surface area contributed by atoms with Crippen molar-refractivity contribution >= 4 is 17.3 Å². The van der Waals surface area contributed by atoms with E-state index in [1.54, 1.807) is 0 Å². The zero-order valence-corrected chi connectivity index (χ0v) is 12.2. The second-order valence-corrected chi connectivity index (χ2v) is 6.28. The first-order valence-corrected chi connectivity index (χ1v) is 7.62. The van der Waals surface area contributed by atoms with Gasteiger partial charge in [0.05, 0.1) is 17.9 Å². The highest BCUT2D eigenvalue weighted by Gasteiger charge is 2.31. The van der Waals surface area contributed by atoms with E-state index < -0.39 is 0 Å². The largest absolute Gasteiger partial charge is 0.372 e. The molecule has 20 heavy (non-hydrogen) atoms. The summed E-state index contributed by atoms with van der Waals surface area (Å²) in [7, 11) is 0. The van der Waals surface area contributed by atoms with E-state index in [0.29, 0.717) is 6.04 Å². The van der Waals surface area contributed by atoms with E-state index in [9.17, 15) is 0 Å². The van der Waals surface area contributed by atoms with Crippen molar-refractivity contribution in [3.05, 3.63) is 12.1 Å². The van der Waals surface area contributed by atoms with Gasteiger partial charge in [-0.15, -0.1) is 0 Å². The van der Waals surface area contributed by atoms with E-state index in [-0.39, 0.29) is 12.2 Å². The van der Waals surface area contributed by atoms with Crippen LogP contribution in [-0.2, 0) is 4.74 Å². The van der Waals surface area contributed by atoms with Gasteiger partial charge in [-0.05, 0) is 32.4 Å². The molecule has 0 spiro atoms. The summed E-state index contributed by atoms with van der Waals surface area (Å²) in [5, 5.41) is 3.58. The number of pyridine rings is 1. The lowest BCUT2D eigenvalue weighted by atomic mass is 10.2. The number of hydrogen-bond donors (Lipinski definition) is 1. The molecule has 108 valence electrons. The number of hydrogen-bond acceptors (Lipinski definition) is 5. The summed E-state index contributed by atoms with van der Waals surface area (Å²) < 4.78 is 5.80. The molecule has 0 aliphatic carbocycles. The van der Waals surface area contributed by atoms with Crippen LogP contribution in [0.15, 0.2) is 12.1 Å². The summed E-state index contributed by atoms with van der Waals surface area (Å²) in [6, 6.07) is 4.95. The van der Waals surface area contributed by atoms with Crippen LogP contribution in [0, 0.1) is 0 Å². The van der Waals surface area contributed by atoms with Gasteiger partial charge in [-0.2, -0.15) is 0 Å². The van der Waals surface area contributed by atoms with Crippen molar-refractivity contribution in [3.63, 3.8) is 0 Å². The molecule has 2 saturated heterocycles. The van der Waals surface area contributed by atoms with Crippen molar-refractivity contribution in [3.8, 4) is 0 Å². The van der Waals surface area contributed by atoms with Crippen LogP contribution in [0.5, 0.6) is 0 Å². The summed E-state index contributed by atoms with van der Waals surface area (Å²) in [4.78, 5) is 9.65. The van der Waals surface area contributed by atoms with E-state index in [1.807, 2.05) is 0 Å². The average molecular weight is 274 g/mol. The van der Waals surface area contributed by atoms with Crippen LogP contribution >= 0.6 is 0 Å². The van der Waals surface area contributed by atoms with E-state index >= 15 is 0 Å². The third-order valence-corrected chi connectivity index (χ3v) is 4.47. The quantitative estimate of drug-likeness (QED) is 0.844. The lowest BCUT2D eigenvalue weighted by molar-refractivity contribution is -0.00545. The van der Waals surface area contributed by atoms with E-state index in [4.69, 9.17) is 9.72 Å². The first kappa shape index (κ1) is 12.3. The van der Waals surface area contributed by atoms with Crippen molar-refractivity contribution in [2.24, 2.45) is 0 Å². The molecular weight excluding hydrogens is 252 g/mol. The number of aromatic nitrogens is 1. The number of nitrogens with zero attached hydrogens (tertiary/aromatic N) is 3. The summed E-state index contributed by atoms with van der Waals surface area (Å²) in [5.41, 5.74) is 1.26. The maximum absolute atomic E-state index is 5.80. The fourth-order valence-electron chi connectivity index (χ4n) is 3.63. The topological polar surface area (TPSA) is 40.6 Å². The van der Waals surface area contributed by atoms with Crippen molar-refractivity contribution in [2.45, 2.75) is 38.5 Å². The summed E-state index contributed by atoms with van der Waals surface area (Å²) in [6.45, 7) is 8.38. The van der Waals surface area contributed by atoms with Gasteiger partial charge in [0.1, 0.15) is 5.82 Å². The number of fused-ring (bicyclic) bond motifs is 4. The molecule has 3 aliphatic rings. The van der Waals surface area contributed by atoms with E-state index in [1.165, 1.54) is 12.1 Å². The molecule has 0 saturated carbocycles. The molecule has 0 radical (unpaired) electrons. The van der Waals surface area contributed by atoms with Gasteiger partial charge in [0.2, 0.25) is 0 Å². The smallest absolute Gasteiger partial charge is 0.152 e. The van der Waals surface area contributed by atoms with Crippen molar-refractivity contribution in [1.29, 1.82) is 0 Å². The molecule has 0 aromatic carbocycles. The second-order valence-electron chi connectivity index (χ2n) is 6.28. The van der Waals surface area contributed by atoms with Crippen LogP contribution in [0.3, 0.4) is 0 Å². The lowest BCUT2D eigenvalue weighted by Gasteiger charge is -2.37. The minimum atomic E-state index is 0.268. The minimum absolute atomic E-state index is 0.268. The molecular formula is C15H22N4O. The van der Waals surface area contributed by atoms with Crippen LogP contribution in [0.4, 0.5) is 17.3 Å². The predicted octanol–water partition coefficient (Wildman–Crippen LogP) is 1.70. The standard InChI is InChI=1S/C15H22N4O/c1-10-7-19(8-11(2)20-10)14-4-3-13-15(17-14)16-12-5-6-18(13)9-12/h3-4,10-12H,5-9H2,1-2H3,(H,16,17)/t10-,11-,12+/m0/s1. The van der Waals surface area contributed by atoms with Crippen LogP contribution in [-0.4, -0.2) is 49.4 Å². The molecule has 4 rings (SSSR count). The highest BCUT2D eigenvalue weighted by atomic mass is 16.5. The Morgan fingerprint density at radius 1 is 1.15 bits per heavy atom. The fraction of sp³-hybridized carbons (Fsp3) is 0.667. The monoisotopic (exact) mass is 274 g/mol. The molecule has 1 aromatic rings. The first-order valence-electron chi connectivity index (χ1n) is 7.62. The van der Waals surface area contributed by atoms with Gasteiger partial charge in [-0.3, -0.25) is 0 Å². The van der Waals surface area contributed by atoms with Crippen LogP contribution < -0.4 is 15.1 Å². The van der Waals surface area contributed by atoms with Crippen molar-refractivity contribution in [1.82, 2.24) is 4.98 Å². The Bertz CT molecular complexity index is 511. The van der Waals surface area contributed by atoms with Crippen LogP contribution in [0.2, 0.25) is 0 Å². The van der Waals surface area contributed by atoms with Gasteiger partial charge in [0, 0.05) is 32.2 Å². The molecule has 1 N–H and O–H groups in total. The SMILES string of the molecule is C[C@H]1CN(c2ccc3c(n2)N[C@@H]2CCN3C2)C[C@H](C)O1. The molecule has 0 unspecified atom stereocenters. The molecule has 0 amide bonds. The lowest BCUT2D eigenvalue weighted by Crippen LogP contribution is -2.46. The molecule has 3 atom stereocenters. The van der Waals surface area contributed by atoms with Gasteiger partial charge in [0.15, 0.2) is 5.82 Å². The van der Waals surface area contributed by atoms with Gasteiger partial charge in [-0.1, -0.05) is 0 Å². The molecule has 2 bridgehead atoms. The third-order valence-electron chi connectivity index (χ3n) is 4.47. The molecule has 1 aromatic heterocycles. The predicted molar refractivity (Wildman–Crippen MR) is 80.7 cm³/mol. The van der Waals surface area contributed by atoms with Crippen molar-refractivity contribution < 1.29 is 4.74 Å². The first-order chi connectivity index (χ1) is 9.69. The number of morpholine rings is 1. The number of ether oxygens (including phenoxy) is 1. The number of rotatable bonds is 1. The second kappa shape index (κ2) is 4.52. The Balaban J connectivity index is 1.62. The average Bonchev–Trinajstić information content (AvgIpc) is 2.80. The zero-order valence-electron chi connectivity index (χ0n) is 12.2. The molecule has 2 fully saturated rings. The highest BCUT2D eigenvalue weighted by Crippen LogP contribution is 2.35. The third kappa shape index (κ3) is 2.00. The fourth-order valence-corrected chi connectivity index (χ4v) is 3.63. The Morgan fingerprint density at radius 2 is 1.95 bits per heavy atom. The molecule has 4 heterocycles. The van der Waals surface area contributed by atoms with Gasteiger partial charge in [0.25, 0.3) is 0 Å². The van der Waals surface area contributed by atoms with Crippen LogP contribution in [0.25, 0.3) is 0 Å². The van der Waals surface area contributed by atoms with E-state index in [2.05, 4.69) is 41.1 Å². The van der Waals surface area contributed by atoms with E-state index in [0.717, 1.165) is 37.8 Å². The Labute approximate surface area is 119 Å². The normalized spacial score (nSPS) is 32.0. The molecule has 5 nitrogen and oxygen atoms in total. The molecule has 3 aliphatic heterocycles. The summed E-state index contributed by atoms with van der Waals surface area (Å²) in [5.74, 6) is 2.13. The Morgan fingerprint density at radius 3 is 2.75 bits per heavy atom. The minimum Gasteiger partial charge on any atom is -0.372 e. The summed E-state index contributed by atoms with van der Waals surface area (Å²) >= 11 is 0. The molecule has 5 heteroatoms. The number of nitrogens with one attached hydrogen (secondary N) is 1. The van der Waals surface area contributed by atoms with Gasteiger partial charge >= 0.3 is 0 Å². The van der Waals surface area contributed by atoms with Crippen molar-refractivity contribution in [2.75, 3.05) is 41.3 Å². The highest BCUT2D eigenvalue weighted by molar-refractivity contribution is 5.72. The Hall–Kier alpha value is -1.49. The Kier molecular flexibility index (Phi) is 2.77.